The Morgan fingerprint density at radius 3 is 3.00 bits per heavy atom. The van der Waals surface area contributed by atoms with E-state index in [1.807, 2.05) is 6.92 Å². The van der Waals surface area contributed by atoms with Gasteiger partial charge in [-0.2, -0.15) is 0 Å². The Balaban J connectivity index is 2.92. The van der Waals surface area contributed by atoms with Crippen molar-refractivity contribution < 1.29 is 9.21 Å². The summed E-state index contributed by atoms with van der Waals surface area (Å²) in [6.45, 7) is 1.96. The third-order valence-electron chi connectivity index (χ3n) is 1.49. The van der Waals surface area contributed by atoms with Gasteiger partial charge in [-0.15, -0.1) is 0 Å². The Hall–Kier alpha value is -0.570. The Bertz CT molecular complexity index is 252. The first-order valence-electron chi connectivity index (χ1n) is 3.45. The molecule has 11 heavy (non-hydrogen) atoms. The van der Waals surface area contributed by atoms with Crippen LogP contribution >= 0.6 is 15.9 Å². The molecule has 0 N–H and O–H groups in total. The van der Waals surface area contributed by atoms with Gasteiger partial charge in [0.2, 0.25) is 0 Å². The van der Waals surface area contributed by atoms with Crippen LogP contribution in [0.1, 0.15) is 23.0 Å². The van der Waals surface area contributed by atoms with Gasteiger partial charge < -0.3 is 4.42 Å². The van der Waals surface area contributed by atoms with Gasteiger partial charge in [-0.1, -0.05) is 22.9 Å². The van der Waals surface area contributed by atoms with Gasteiger partial charge in [-0.25, -0.2) is 0 Å². The van der Waals surface area contributed by atoms with Crippen LogP contribution in [0.2, 0.25) is 0 Å². The minimum atomic E-state index is 0.0793. The molecule has 0 spiro atoms. The lowest BCUT2D eigenvalue weighted by Gasteiger charge is -1.93. The molecule has 0 atom stereocenters. The third kappa shape index (κ3) is 1.71. The maximum atomic E-state index is 11.1. The second-order valence-corrected chi connectivity index (χ2v) is 2.73. The van der Waals surface area contributed by atoms with E-state index in [0.29, 0.717) is 10.9 Å². The number of alkyl halides is 1. The first-order chi connectivity index (χ1) is 5.29. The Kier molecular flexibility index (Phi) is 2.88. The SMILES string of the molecule is CCc1occc1C(=O)CBr. The highest BCUT2D eigenvalue weighted by molar-refractivity contribution is 9.09. The number of ketones is 1. The number of hydrogen-bond acceptors (Lipinski definition) is 2. The fourth-order valence-corrected chi connectivity index (χ4v) is 1.24. The Morgan fingerprint density at radius 2 is 2.45 bits per heavy atom. The van der Waals surface area contributed by atoms with E-state index < -0.39 is 0 Å². The lowest BCUT2D eigenvalue weighted by Crippen LogP contribution is -2.00. The van der Waals surface area contributed by atoms with Crippen molar-refractivity contribution in [2.24, 2.45) is 0 Å². The molecule has 0 aliphatic rings. The molecule has 0 aliphatic carbocycles. The first-order valence-corrected chi connectivity index (χ1v) is 4.57. The summed E-state index contributed by atoms with van der Waals surface area (Å²) in [4.78, 5) is 11.1. The summed E-state index contributed by atoms with van der Waals surface area (Å²) >= 11 is 3.11. The summed E-state index contributed by atoms with van der Waals surface area (Å²) in [7, 11) is 0. The van der Waals surface area contributed by atoms with E-state index in [0.717, 1.165) is 12.2 Å². The molecule has 1 aromatic heterocycles. The average Bonchev–Trinajstić information content (AvgIpc) is 2.50. The van der Waals surface area contributed by atoms with Crippen LogP contribution in [0.3, 0.4) is 0 Å². The number of rotatable bonds is 3. The molecule has 3 heteroatoms. The van der Waals surface area contributed by atoms with Crippen LogP contribution in [-0.2, 0) is 6.42 Å². The van der Waals surface area contributed by atoms with Crippen molar-refractivity contribution in [2.75, 3.05) is 5.33 Å². The van der Waals surface area contributed by atoms with Gasteiger partial charge in [-0.05, 0) is 6.07 Å². The predicted molar refractivity (Wildman–Crippen MR) is 46.2 cm³/mol. The van der Waals surface area contributed by atoms with Crippen LogP contribution in [0.15, 0.2) is 16.7 Å². The molecule has 0 radical (unpaired) electrons. The predicted octanol–water partition coefficient (Wildman–Crippen LogP) is 2.42. The number of furan rings is 1. The molecule has 0 saturated heterocycles. The normalized spacial score (nSPS) is 10.0. The number of aryl methyl sites for hydroxylation is 1. The fraction of sp³-hybridized carbons (Fsp3) is 0.375. The van der Waals surface area contributed by atoms with Crippen molar-refractivity contribution in [3.05, 3.63) is 23.7 Å². The van der Waals surface area contributed by atoms with E-state index >= 15 is 0 Å². The second-order valence-electron chi connectivity index (χ2n) is 2.17. The minimum absolute atomic E-state index is 0.0793. The number of carbonyl (C=O) groups excluding carboxylic acids is 1. The zero-order valence-corrected chi connectivity index (χ0v) is 7.85. The summed E-state index contributed by atoms with van der Waals surface area (Å²) < 4.78 is 5.10. The molecular weight excluding hydrogens is 208 g/mol. The molecule has 0 fully saturated rings. The van der Waals surface area contributed by atoms with Crippen LogP contribution in [-0.4, -0.2) is 11.1 Å². The zero-order chi connectivity index (χ0) is 8.27. The molecule has 1 rings (SSSR count). The zero-order valence-electron chi connectivity index (χ0n) is 6.26. The lowest BCUT2D eigenvalue weighted by molar-refractivity contribution is 0.102. The molecule has 0 aromatic carbocycles. The molecular formula is C8H9BrO2. The summed E-state index contributed by atoms with van der Waals surface area (Å²) in [6, 6.07) is 1.71. The van der Waals surface area contributed by atoms with Crippen molar-refractivity contribution in [3.8, 4) is 0 Å². The molecule has 0 amide bonds. The number of hydrogen-bond donors (Lipinski definition) is 0. The Morgan fingerprint density at radius 1 is 1.73 bits per heavy atom. The molecule has 1 heterocycles. The van der Waals surface area contributed by atoms with Crippen molar-refractivity contribution in [1.29, 1.82) is 0 Å². The van der Waals surface area contributed by atoms with Crippen molar-refractivity contribution in [3.63, 3.8) is 0 Å². The molecule has 2 nitrogen and oxygen atoms in total. The van der Waals surface area contributed by atoms with E-state index in [2.05, 4.69) is 15.9 Å². The number of carbonyl (C=O) groups is 1. The van der Waals surface area contributed by atoms with Gasteiger partial charge in [0.15, 0.2) is 5.78 Å². The fourth-order valence-electron chi connectivity index (χ4n) is 0.935. The van der Waals surface area contributed by atoms with Crippen molar-refractivity contribution in [1.82, 2.24) is 0 Å². The molecule has 0 aliphatic heterocycles. The maximum absolute atomic E-state index is 11.1. The van der Waals surface area contributed by atoms with Crippen LogP contribution in [0.25, 0.3) is 0 Å². The van der Waals surface area contributed by atoms with E-state index in [4.69, 9.17) is 4.42 Å². The van der Waals surface area contributed by atoms with Gasteiger partial charge in [0.1, 0.15) is 5.76 Å². The van der Waals surface area contributed by atoms with E-state index in [1.54, 1.807) is 12.3 Å². The summed E-state index contributed by atoms with van der Waals surface area (Å²) in [5.41, 5.74) is 0.698. The molecule has 0 bridgehead atoms. The van der Waals surface area contributed by atoms with Crippen molar-refractivity contribution in [2.45, 2.75) is 13.3 Å². The quantitative estimate of drug-likeness (QED) is 0.574. The Labute approximate surface area is 73.7 Å². The standard InChI is InChI=1S/C8H9BrO2/c1-2-8-6(3-4-11-8)7(10)5-9/h3-4H,2,5H2,1H3. The van der Waals surface area contributed by atoms with Gasteiger partial charge in [0.25, 0.3) is 0 Å². The highest BCUT2D eigenvalue weighted by Crippen LogP contribution is 2.12. The highest BCUT2D eigenvalue weighted by Gasteiger charge is 2.10. The summed E-state index contributed by atoms with van der Waals surface area (Å²) in [5.74, 6) is 0.852. The van der Waals surface area contributed by atoms with Crippen LogP contribution in [0.5, 0.6) is 0 Å². The van der Waals surface area contributed by atoms with E-state index in [-0.39, 0.29) is 5.78 Å². The van der Waals surface area contributed by atoms with Gasteiger partial charge in [-0.3, -0.25) is 4.79 Å². The van der Waals surface area contributed by atoms with E-state index in [1.165, 1.54) is 0 Å². The van der Waals surface area contributed by atoms with Crippen LogP contribution in [0.4, 0.5) is 0 Å². The topological polar surface area (TPSA) is 30.2 Å². The smallest absolute Gasteiger partial charge is 0.176 e. The van der Waals surface area contributed by atoms with Gasteiger partial charge in [0, 0.05) is 6.42 Å². The van der Waals surface area contributed by atoms with E-state index in [9.17, 15) is 4.79 Å². The average molecular weight is 217 g/mol. The molecule has 1 aromatic rings. The summed E-state index contributed by atoms with van der Waals surface area (Å²) in [6.07, 6.45) is 2.32. The van der Waals surface area contributed by atoms with Crippen LogP contribution in [0, 0.1) is 0 Å². The minimum Gasteiger partial charge on any atom is -0.469 e. The third-order valence-corrected chi connectivity index (χ3v) is 2.00. The molecule has 0 unspecified atom stereocenters. The monoisotopic (exact) mass is 216 g/mol. The highest BCUT2D eigenvalue weighted by atomic mass is 79.9. The second kappa shape index (κ2) is 3.72. The van der Waals surface area contributed by atoms with Crippen molar-refractivity contribution >= 4 is 21.7 Å². The number of halogens is 1. The largest absolute Gasteiger partial charge is 0.469 e. The summed E-state index contributed by atoms with van der Waals surface area (Å²) in [5, 5.41) is 0.361. The molecule has 60 valence electrons. The van der Waals surface area contributed by atoms with Gasteiger partial charge >= 0.3 is 0 Å². The van der Waals surface area contributed by atoms with Crippen LogP contribution < -0.4 is 0 Å². The molecule has 0 saturated carbocycles. The van der Waals surface area contributed by atoms with Gasteiger partial charge in [0.05, 0.1) is 17.2 Å². The number of Topliss-reactive ketones (excluding diaryl/α,β-unsaturated/α-hetero) is 1. The maximum Gasteiger partial charge on any atom is 0.176 e. The lowest BCUT2D eigenvalue weighted by atomic mass is 10.1. The first kappa shape index (κ1) is 8.53.